The van der Waals surface area contributed by atoms with Crippen molar-refractivity contribution in [1.29, 1.82) is 0 Å². The van der Waals surface area contributed by atoms with Crippen LogP contribution in [0.4, 0.5) is 0 Å². The molecule has 0 saturated heterocycles. The van der Waals surface area contributed by atoms with Gasteiger partial charge in [-0.05, 0) is 0 Å². The summed E-state index contributed by atoms with van der Waals surface area (Å²) in [4.78, 5) is 0. The van der Waals surface area contributed by atoms with E-state index < -0.39 is 0 Å². The summed E-state index contributed by atoms with van der Waals surface area (Å²) in [5.41, 5.74) is 0. The summed E-state index contributed by atoms with van der Waals surface area (Å²) >= 11 is 0.569. The molecule has 0 radical (unpaired) electrons. The van der Waals surface area contributed by atoms with Crippen LogP contribution in [0.15, 0.2) is 0 Å². The third kappa shape index (κ3) is 189. The molecular weight excluding hydrogens is 366 g/mol. The Morgan fingerprint density at radius 2 is 0.545 bits per heavy atom. The van der Waals surface area contributed by atoms with Crippen LogP contribution >= 0.6 is 20.4 Å². The zero-order chi connectivity index (χ0) is 2.71. The Morgan fingerprint density at radius 3 is 0.545 bits per heavy atom. The van der Waals surface area contributed by atoms with E-state index in [-0.39, 0.29) is 89.3 Å². The van der Waals surface area contributed by atoms with Crippen LogP contribution in [0.5, 0.6) is 0 Å². The Morgan fingerprint density at radius 1 is 0.545 bits per heavy atom. The summed E-state index contributed by atoms with van der Waals surface area (Å²) in [5.74, 6) is 0. The van der Waals surface area contributed by atoms with Gasteiger partial charge in [0.15, 0.2) is 0 Å². The number of hydrogen-bond acceptors (Lipinski definition) is 0. The van der Waals surface area contributed by atoms with Crippen LogP contribution in [0.1, 0.15) is 14.9 Å². The van der Waals surface area contributed by atoms with Gasteiger partial charge in [-0.25, -0.2) is 0 Å². The van der Waals surface area contributed by atoms with Crippen LogP contribution in [0.25, 0.3) is 0 Å². The van der Waals surface area contributed by atoms with E-state index in [0.29, 0.717) is 12.7 Å². The zero-order valence-electron chi connectivity index (χ0n) is 3.34. The molecule has 0 aliphatic carbocycles. The average Bonchev–Trinajstić information content (AvgIpc) is 0.918. The molecule has 9 heteroatoms. The van der Waals surface area contributed by atoms with E-state index in [9.17, 15) is 0 Å². The summed E-state index contributed by atoms with van der Waals surface area (Å²) in [6, 6.07) is 0. The molecular formula is C2H8Cl8Ni-6. The van der Waals surface area contributed by atoms with E-state index >= 15 is 0 Å². The van der Waals surface area contributed by atoms with E-state index in [0.717, 1.165) is 0 Å². The van der Waals surface area contributed by atoms with Gasteiger partial charge in [0.2, 0.25) is 0 Å². The summed E-state index contributed by atoms with van der Waals surface area (Å²) in [5, 5.41) is 0. The van der Waals surface area contributed by atoms with Crippen LogP contribution in [0.2, 0.25) is 0 Å². The summed E-state index contributed by atoms with van der Waals surface area (Å²) in [6.07, 6.45) is 0. The van der Waals surface area contributed by atoms with E-state index in [1.807, 2.05) is 0 Å². The third-order valence-corrected chi connectivity index (χ3v) is 0. The van der Waals surface area contributed by atoms with Gasteiger partial charge in [0, 0.05) is 0 Å². The van der Waals surface area contributed by atoms with Gasteiger partial charge in [0.05, 0.1) is 0 Å². The van der Waals surface area contributed by atoms with E-state index in [4.69, 9.17) is 20.4 Å². The standard InChI is InChI=1S/2CH4.8ClH.Ni/h2*1H4;8*1H;/q;;;;;;;;;;+2/p-8. The first-order chi connectivity index (χ1) is 1.41. The summed E-state index contributed by atoms with van der Waals surface area (Å²) in [6.45, 7) is 0. The average molecular weight is 374 g/mol. The van der Waals surface area contributed by atoms with Gasteiger partial charge >= 0.3 is 33.0 Å². The van der Waals surface area contributed by atoms with Gasteiger partial charge in [0.1, 0.15) is 0 Å². The number of halogens is 8. The first kappa shape index (κ1) is 97.9. The van der Waals surface area contributed by atoms with E-state index in [1.54, 1.807) is 0 Å². The fourth-order valence-corrected chi connectivity index (χ4v) is 0. The van der Waals surface area contributed by atoms with Crippen LogP contribution in [0, 0.1) is 0 Å². The quantitative estimate of drug-likeness (QED) is 0.370. The normalized spacial score (nSPS) is 2.00. The predicted molar refractivity (Wildman–Crippen MR) is 25.2 cm³/mol. The van der Waals surface area contributed by atoms with Crippen molar-refractivity contribution in [2.24, 2.45) is 0 Å². The predicted octanol–water partition coefficient (Wildman–Crippen LogP) is -15.3. The second-order valence-electron chi connectivity index (χ2n) is 0.0452. The molecule has 0 amide bonds. The van der Waals surface area contributed by atoms with Gasteiger partial charge in [0.25, 0.3) is 0 Å². The van der Waals surface area contributed by atoms with Crippen molar-refractivity contribution in [1.82, 2.24) is 0 Å². The summed E-state index contributed by atoms with van der Waals surface area (Å²) < 4.78 is 0. The zero-order valence-corrected chi connectivity index (χ0v) is 10.4. The molecule has 0 aromatic carbocycles. The second-order valence-corrected chi connectivity index (χ2v) is 1.68. The molecule has 0 spiro atoms. The molecule has 0 bridgehead atoms. The number of rotatable bonds is 0. The van der Waals surface area contributed by atoms with Gasteiger partial charge in [-0.2, -0.15) is 0 Å². The molecule has 0 aromatic heterocycles. The Hall–Kier alpha value is 2.81. The van der Waals surface area contributed by atoms with Gasteiger partial charge in [-0.3, -0.25) is 0 Å². The van der Waals surface area contributed by atoms with Crippen LogP contribution in [0.3, 0.4) is 0 Å². The van der Waals surface area contributed by atoms with E-state index in [2.05, 4.69) is 0 Å². The topological polar surface area (TPSA) is 0 Å². The van der Waals surface area contributed by atoms with Gasteiger partial charge in [-0.15, -0.1) is 0 Å². The van der Waals surface area contributed by atoms with Crippen molar-refractivity contribution >= 4 is 20.4 Å². The monoisotopic (exact) mass is 370 g/mol. The fraction of sp³-hybridized carbons (Fsp3) is 1.00. The first-order valence-electron chi connectivity index (χ1n) is 0.239. The van der Waals surface area contributed by atoms with Crippen molar-refractivity contribution < 1.29 is 87.1 Å². The first-order valence-corrected chi connectivity index (χ1v) is 2.96. The van der Waals surface area contributed by atoms with E-state index in [1.165, 1.54) is 0 Å². The molecule has 0 saturated carbocycles. The van der Waals surface area contributed by atoms with Crippen molar-refractivity contribution in [3.63, 3.8) is 0 Å². The second kappa shape index (κ2) is 123. The molecule has 0 heterocycles. The van der Waals surface area contributed by atoms with Crippen LogP contribution < -0.4 is 74.4 Å². The molecule has 0 aliphatic rings. The van der Waals surface area contributed by atoms with Crippen molar-refractivity contribution in [2.45, 2.75) is 14.9 Å². The van der Waals surface area contributed by atoms with Crippen molar-refractivity contribution in [2.75, 3.05) is 0 Å². The van der Waals surface area contributed by atoms with Crippen LogP contribution in [-0.2, 0) is 12.7 Å². The SMILES string of the molecule is C.C.[Cl-].[Cl-].[Cl-].[Cl-].[Cl-].[Cl-].[Cl][Ni][Cl]. The minimum absolute atomic E-state index is 0. The molecule has 0 N–H and O–H groups in total. The molecule has 11 heavy (non-hydrogen) atoms. The Labute approximate surface area is 121 Å². The molecule has 0 fully saturated rings. The Bertz CT molecular complexity index is 12.1. The van der Waals surface area contributed by atoms with Crippen molar-refractivity contribution in [3.05, 3.63) is 0 Å². The summed E-state index contributed by atoms with van der Waals surface area (Å²) in [7, 11) is 9.40. The van der Waals surface area contributed by atoms with Gasteiger partial charge < -0.3 is 74.4 Å². The van der Waals surface area contributed by atoms with Gasteiger partial charge in [-0.1, -0.05) is 14.9 Å². The number of hydrogen-bond donors (Lipinski definition) is 0. The molecule has 0 unspecified atom stereocenters. The molecule has 0 rings (SSSR count). The third-order valence-electron chi connectivity index (χ3n) is 0. The molecule has 88 valence electrons. The molecule has 0 aliphatic heterocycles. The fourth-order valence-electron chi connectivity index (χ4n) is 0. The molecule has 0 atom stereocenters. The van der Waals surface area contributed by atoms with Crippen LogP contribution in [-0.4, -0.2) is 0 Å². The maximum absolute atomic E-state index is 4.70. The molecule has 0 aromatic rings. The molecule has 0 nitrogen and oxygen atoms in total. The Kier molecular flexibility index (Phi) is 1090. The minimum atomic E-state index is 0. The Balaban J connectivity index is -0.000000000714. The van der Waals surface area contributed by atoms with Crippen molar-refractivity contribution in [3.8, 4) is 0 Å². The maximum atomic E-state index is 4.70.